The first-order chi connectivity index (χ1) is 14.7. The van der Waals surface area contributed by atoms with Gasteiger partial charge in [-0.25, -0.2) is 0 Å². The smallest absolute Gasteiger partial charge is 0.242 e. The van der Waals surface area contributed by atoms with Crippen molar-refractivity contribution in [3.63, 3.8) is 0 Å². The van der Waals surface area contributed by atoms with Crippen molar-refractivity contribution in [2.24, 2.45) is 5.92 Å². The van der Waals surface area contributed by atoms with Crippen LogP contribution in [0.5, 0.6) is 11.5 Å². The van der Waals surface area contributed by atoms with Crippen molar-refractivity contribution in [1.82, 2.24) is 9.80 Å². The van der Waals surface area contributed by atoms with Crippen molar-refractivity contribution in [2.45, 2.75) is 76.0 Å². The van der Waals surface area contributed by atoms with Crippen LogP contribution in [-0.2, 0) is 11.3 Å². The lowest BCUT2D eigenvalue weighted by Gasteiger charge is -2.46. The standard InChI is InChI=1S/C24H36N2O4/c1-29-20-12-9-18(23(14-20)30-2)15-26(19-10-11-19)22(16-27)24(28)25-13-5-7-17-6-3-4-8-21(17)25/h9,12,14,17,19,21-22,27H,3-8,10-11,13,15-16H2,1-2H3/t17-,21+,22-/m1/s1. The number of nitrogens with zero attached hydrogens (tertiary/aromatic N) is 2. The topological polar surface area (TPSA) is 62.2 Å². The van der Waals surface area contributed by atoms with Crippen LogP contribution in [0.25, 0.3) is 0 Å². The number of methoxy groups -OCH3 is 2. The summed E-state index contributed by atoms with van der Waals surface area (Å²) in [6.07, 6.45) is 9.34. The van der Waals surface area contributed by atoms with E-state index >= 15 is 0 Å². The molecule has 2 saturated carbocycles. The van der Waals surface area contributed by atoms with Gasteiger partial charge in [0.15, 0.2) is 0 Å². The van der Waals surface area contributed by atoms with Gasteiger partial charge in [-0.05, 0) is 50.5 Å². The van der Waals surface area contributed by atoms with Crippen LogP contribution in [0, 0.1) is 5.92 Å². The zero-order valence-electron chi connectivity index (χ0n) is 18.4. The van der Waals surface area contributed by atoms with Crippen LogP contribution in [0.4, 0.5) is 0 Å². The second-order valence-corrected chi connectivity index (χ2v) is 9.07. The van der Waals surface area contributed by atoms with Crippen molar-refractivity contribution in [3.05, 3.63) is 23.8 Å². The molecule has 3 atom stereocenters. The van der Waals surface area contributed by atoms with Crippen LogP contribution in [-0.4, -0.2) is 66.3 Å². The van der Waals surface area contributed by atoms with E-state index in [9.17, 15) is 9.90 Å². The number of amides is 1. The fourth-order valence-electron chi connectivity index (χ4n) is 5.49. The van der Waals surface area contributed by atoms with Crippen molar-refractivity contribution in [3.8, 4) is 11.5 Å². The Morgan fingerprint density at radius 2 is 1.90 bits per heavy atom. The maximum atomic E-state index is 13.7. The van der Waals surface area contributed by atoms with E-state index in [0.29, 0.717) is 24.5 Å². The van der Waals surface area contributed by atoms with Crippen LogP contribution in [0.2, 0.25) is 0 Å². The molecule has 0 unspecified atom stereocenters. The summed E-state index contributed by atoms with van der Waals surface area (Å²) in [5.41, 5.74) is 1.02. The van der Waals surface area contributed by atoms with Crippen LogP contribution in [0.15, 0.2) is 18.2 Å². The highest BCUT2D eigenvalue weighted by molar-refractivity contribution is 5.82. The number of aliphatic hydroxyl groups is 1. The second-order valence-electron chi connectivity index (χ2n) is 9.07. The number of piperidine rings is 1. The lowest BCUT2D eigenvalue weighted by molar-refractivity contribution is -0.145. The van der Waals surface area contributed by atoms with Crippen molar-refractivity contribution in [2.75, 3.05) is 27.4 Å². The Labute approximate surface area is 180 Å². The molecule has 1 N–H and O–H groups in total. The predicted octanol–water partition coefficient (Wildman–Crippen LogP) is 3.21. The third-order valence-electron chi connectivity index (χ3n) is 7.25. The summed E-state index contributed by atoms with van der Waals surface area (Å²) < 4.78 is 10.9. The summed E-state index contributed by atoms with van der Waals surface area (Å²) in [7, 11) is 3.30. The lowest BCUT2D eigenvalue weighted by Crippen LogP contribution is -2.57. The highest BCUT2D eigenvalue weighted by atomic mass is 16.5. The molecule has 4 rings (SSSR count). The zero-order chi connectivity index (χ0) is 21.1. The molecule has 0 spiro atoms. The Bertz CT molecular complexity index is 734. The molecule has 30 heavy (non-hydrogen) atoms. The van der Waals surface area contributed by atoms with Crippen LogP contribution >= 0.6 is 0 Å². The largest absolute Gasteiger partial charge is 0.497 e. The first-order valence-electron chi connectivity index (χ1n) is 11.5. The minimum atomic E-state index is -0.481. The molecule has 0 aromatic heterocycles. The highest BCUT2D eigenvalue weighted by Gasteiger charge is 2.43. The van der Waals surface area contributed by atoms with Gasteiger partial charge in [-0.2, -0.15) is 0 Å². The molecule has 1 heterocycles. The average Bonchev–Trinajstić information content (AvgIpc) is 3.63. The molecule has 1 saturated heterocycles. The molecule has 0 bridgehead atoms. The number of hydrogen-bond acceptors (Lipinski definition) is 5. The number of fused-ring (bicyclic) bond motifs is 1. The van der Waals surface area contributed by atoms with E-state index in [-0.39, 0.29) is 12.5 Å². The molecule has 6 nitrogen and oxygen atoms in total. The SMILES string of the molecule is COc1ccc(CN(C2CC2)[C@H](CO)C(=O)N2CCC[C@H]3CCCC[C@@H]32)c(OC)c1. The first-order valence-corrected chi connectivity index (χ1v) is 11.5. The second kappa shape index (κ2) is 9.56. The van der Waals surface area contributed by atoms with Gasteiger partial charge in [0, 0.05) is 36.8 Å². The molecule has 1 aromatic rings. The fourth-order valence-corrected chi connectivity index (χ4v) is 5.49. The molecular weight excluding hydrogens is 380 g/mol. The van der Waals surface area contributed by atoms with Crippen LogP contribution in [0.1, 0.15) is 56.9 Å². The summed E-state index contributed by atoms with van der Waals surface area (Å²) >= 11 is 0. The minimum Gasteiger partial charge on any atom is -0.497 e. The molecule has 1 aliphatic heterocycles. The summed E-state index contributed by atoms with van der Waals surface area (Å²) in [6.45, 7) is 1.29. The van der Waals surface area contributed by atoms with Gasteiger partial charge in [-0.3, -0.25) is 9.69 Å². The first kappa shape index (κ1) is 21.4. The molecule has 2 aliphatic carbocycles. The predicted molar refractivity (Wildman–Crippen MR) is 116 cm³/mol. The monoisotopic (exact) mass is 416 g/mol. The van der Waals surface area contributed by atoms with Gasteiger partial charge in [0.1, 0.15) is 17.5 Å². The Morgan fingerprint density at radius 3 is 2.60 bits per heavy atom. The number of aliphatic hydroxyl groups excluding tert-OH is 1. The maximum absolute atomic E-state index is 13.7. The summed E-state index contributed by atoms with van der Waals surface area (Å²) in [5, 5.41) is 10.3. The third kappa shape index (κ3) is 4.45. The molecule has 1 amide bonds. The van der Waals surface area contributed by atoms with Crippen molar-refractivity contribution in [1.29, 1.82) is 0 Å². The van der Waals surface area contributed by atoms with E-state index in [1.165, 1.54) is 25.7 Å². The quantitative estimate of drug-likeness (QED) is 0.705. The van der Waals surface area contributed by atoms with Gasteiger partial charge in [-0.15, -0.1) is 0 Å². The summed E-state index contributed by atoms with van der Waals surface area (Å²) in [4.78, 5) is 18.0. The Kier molecular flexibility index (Phi) is 6.84. The van der Waals surface area contributed by atoms with Crippen LogP contribution < -0.4 is 9.47 Å². The average molecular weight is 417 g/mol. The van der Waals surface area contributed by atoms with Gasteiger partial charge in [-0.1, -0.05) is 18.9 Å². The summed E-state index contributed by atoms with van der Waals surface area (Å²) in [5.74, 6) is 2.27. The van der Waals surface area contributed by atoms with E-state index in [1.807, 2.05) is 18.2 Å². The molecule has 166 valence electrons. The number of likely N-dealkylation sites (tertiary alicyclic amines) is 1. The third-order valence-corrected chi connectivity index (χ3v) is 7.25. The summed E-state index contributed by atoms with van der Waals surface area (Å²) in [6, 6.07) is 6.05. The van der Waals surface area contributed by atoms with E-state index in [0.717, 1.165) is 49.3 Å². The molecule has 1 aromatic carbocycles. The number of carbonyl (C=O) groups excluding carboxylic acids is 1. The maximum Gasteiger partial charge on any atom is 0.242 e. The molecular formula is C24H36N2O4. The van der Waals surface area contributed by atoms with Gasteiger partial charge in [0.25, 0.3) is 0 Å². The highest BCUT2D eigenvalue weighted by Crippen LogP contribution is 2.38. The zero-order valence-corrected chi connectivity index (χ0v) is 18.4. The lowest BCUT2D eigenvalue weighted by atomic mass is 9.78. The normalized spacial score (nSPS) is 25.0. The van der Waals surface area contributed by atoms with E-state index < -0.39 is 6.04 Å². The van der Waals surface area contributed by atoms with E-state index in [2.05, 4.69) is 9.80 Å². The van der Waals surface area contributed by atoms with Gasteiger partial charge >= 0.3 is 0 Å². The number of carbonyl (C=O) groups is 1. The van der Waals surface area contributed by atoms with Crippen molar-refractivity contribution < 1.29 is 19.4 Å². The van der Waals surface area contributed by atoms with Crippen LogP contribution in [0.3, 0.4) is 0 Å². The molecule has 6 heteroatoms. The van der Waals surface area contributed by atoms with E-state index in [4.69, 9.17) is 9.47 Å². The number of hydrogen-bond donors (Lipinski definition) is 1. The Hall–Kier alpha value is -1.79. The number of ether oxygens (including phenoxy) is 2. The Balaban J connectivity index is 1.54. The number of rotatable bonds is 8. The number of benzene rings is 1. The molecule has 0 radical (unpaired) electrons. The van der Waals surface area contributed by atoms with E-state index in [1.54, 1.807) is 14.2 Å². The minimum absolute atomic E-state index is 0.119. The Morgan fingerprint density at radius 1 is 1.13 bits per heavy atom. The fraction of sp³-hybridized carbons (Fsp3) is 0.708. The van der Waals surface area contributed by atoms with Gasteiger partial charge < -0.3 is 19.5 Å². The van der Waals surface area contributed by atoms with Gasteiger partial charge in [0.2, 0.25) is 5.91 Å². The van der Waals surface area contributed by atoms with Gasteiger partial charge in [0.05, 0.1) is 20.8 Å². The molecule has 3 aliphatic rings. The molecule has 3 fully saturated rings. The van der Waals surface area contributed by atoms with Crippen molar-refractivity contribution >= 4 is 5.91 Å².